The minimum atomic E-state index is -1.23. The average Bonchev–Trinajstić information content (AvgIpc) is 3.07. The molecule has 0 unspecified atom stereocenters. The highest BCUT2D eigenvalue weighted by molar-refractivity contribution is 8.00. The summed E-state index contributed by atoms with van der Waals surface area (Å²) in [6.07, 6.45) is 0. The van der Waals surface area contributed by atoms with Gasteiger partial charge in [-0.25, -0.2) is 9.55 Å². The first-order valence-electron chi connectivity index (χ1n) is 8.55. The number of benzene rings is 2. The summed E-state index contributed by atoms with van der Waals surface area (Å²) in [6.45, 7) is 1.50. The highest BCUT2D eigenvalue weighted by atomic mass is 32.2. The van der Waals surface area contributed by atoms with Crippen molar-refractivity contribution in [3.8, 4) is 11.4 Å². The van der Waals surface area contributed by atoms with Crippen LogP contribution in [0.15, 0.2) is 58.5 Å². The lowest BCUT2D eigenvalue weighted by Gasteiger charge is -2.17. The van der Waals surface area contributed by atoms with E-state index < -0.39 is 11.2 Å². The van der Waals surface area contributed by atoms with E-state index in [1.807, 2.05) is 24.3 Å². The van der Waals surface area contributed by atoms with Gasteiger partial charge in [-0.2, -0.15) is 0 Å². The van der Waals surface area contributed by atoms with Gasteiger partial charge in [-0.15, -0.1) is 0 Å². The van der Waals surface area contributed by atoms with Gasteiger partial charge < -0.3 is 19.6 Å². The number of thioether (sulfide) groups is 1. The number of aromatic nitrogens is 3. The number of nitrogens with one attached hydrogen (secondary N) is 1. The summed E-state index contributed by atoms with van der Waals surface area (Å²) < 4.78 is 6.77. The summed E-state index contributed by atoms with van der Waals surface area (Å²) in [5, 5.41) is 11.5. The topological polar surface area (TPSA) is 100 Å². The smallest absolute Gasteiger partial charge is 0.283 e. The molecule has 28 heavy (non-hydrogen) atoms. The van der Waals surface area contributed by atoms with Gasteiger partial charge in [-0.1, -0.05) is 42.1 Å². The number of fused-ring (bicyclic) bond motifs is 3. The molecule has 1 atom stereocenters. The molecule has 4 aromatic rings. The molecule has 0 aliphatic rings. The Morgan fingerprint density at radius 3 is 2.68 bits per heavy atom. The molecule has 0 amide bonds. The molecule has 2 heterocycles. The van der Waals surface area contributed by atoms with Crippen molar-refractivity contribution in [2.45, 2.75) is 17.3 Å². The minimum Gasteiger partial charge on any atom is -0.549 e. The quantitative estimate of drug-likeness (QED) is 0.411. The number of hydrogen-bond donors (Lipinski definition) is 1. The second-order valence-corrected chi connectivity index (χ2v) is 7.49. The van der Waals surface area contributed by atoms with Gasteiger partial charge in [0.1, 0.15) is 16.8 Å². The van der Waals surface area contributed by atoms with Crippen LogP contribution in [-0.2, 0) is 4.79 Å². The SMILES string of the molecule is COc1ccccc1-n1c(S[C@H](C)C(=O)[O-])nc2c([nH]c3ccccc32)c1=O. The molecule has 0 saturated heterocycles. The minimum absolute atomic E-state index is 0.253. The number of aliphatic carboxylic acids is 1. The first-order chi connectivity index (χ1) is 13.5. The molecule has 1 N–H and O–H groups in total. The molecule has 7 nitrogen and oxygen atoms in total. The zero-order chi connectivity index (χ0) is 19.8. The number of aromatic amines is 1. The maximum atomic E-state index is 13.4. The standard InChI is InChI=1S/C20H17N3O4S/c1-11(19(25)26)28-20-22-16-12-7-3-4-8-13(12)21-17(16)18(24)23(20)14-9-5-6-10-15(14)27-2/h3-11,21H,1-2H3,(H,25,26)/p-1/t11-/m1/s1. The van der Waals surface area contributed by atoms with E-state index in [-0.39, 0.29) is 10.7 Å². The first-order valence-corrected chi connectivity index (χ1v) is 9.43. The Balaban J connectivity index is 2.08. The molecular formula is C20H16N3O4S-. The van der Waals surface area contributed by atoms with E-state index in [1.165, 1.54) is 18.6 Å². The Morgan fingerprint density at radius 1 is 1.21 bits per heavy atom. The predicted octanol–water partition coefficient (Wildman–Crippen LogP) is 2.11. The fourth-order valence-electron chi connectivity index (χ4n) is 3.05. The predicted molar refractivity (Wildman–Crippen MR) is 106 cm³/mol. The van der Waals surface area contributed by atoms with Crippen LogP contribution >= 0.6 is 11.8 Å². The molecule has 0 saturated carbocycles. The number of hydrogen-bond acceptors (Lipinski definition) is 6. The van der Waals surface area contributed by atoms with Crippen LogP contribution in [0.4, 0.5) is 0 Å². The van der Waals surface area contributed by atoms with E-state index >= 15 is 0 Å². The number of ether oxygens (including phenoxy) is 1. The van der Waals surface area contributed by atoms with Gasteiger partial charge in [0.15, 0.2) is 5.16 Å². The van der Waals surface area contributed by atoms with Crippen LogP contribution in [0.5, 0.6) is 5.75 Å². The number of carbonyl (C=O) groups is 1. The number of H-pyrrole nitrogens is 1. The van der Waals surface area contributed by atoms with Gasteiger partial charge in [0, 0.05) is 16.2 Å². The average molecular weight is 394 g/mol. The normalized spacial score (nSPS) is 12.4. The molecule has 0 fully saturated rings. The van der Waals surface area contributed by atoms with Gasteiger partial charge in [-0.3, -0.25) is 4.79 Å². The first kappa shape index (κ1) is 18.1. The highest BCUT2D eigenvalue weighted by Crippen LogP contribution is 2.30. The third-order valence-electron chi connectivity index (χ3n) is 4.43. The molecule has 0 aliphatic carbocycles. The van der Waals surface area contributed by atoms with Crippen LogP contribution in [-0.4, -0.2) is 32.9 Å². The number of carbonyl (C=O) groups excluding carboxylic acids is 1. The number of rotatable bonds is 5. The van der Waals surface area contributed by atoms with Crippen LogP contribution in [0.2, 0.25) is 0 Å². The molecule has 2 aromatic heterocycles. The van der Waals surface area contributed by atoms with Crippen molar-refractivity contribution in [2.24, 2.45) is 0 Å². The van der Waals surface area contributed by atoms with Crippen LogP contribution in [0.25, 0.3) is 27.6 Å². The molecule has 2 aromatic carbocycles. The van der Waals surface area contributed by atoms with Crippen LogP contribution in [0.1, 0.15) is 6.92 Å². The molecule has 0 bridgehead atoms. The lowest BCUT2D eigenvalue weighted by molar-refractivity contribution is -0.304. The summed E-state index contributed by atoms with van der Waals surface area (Å²) >= 11 is 0.954. The maximum absolute atomic E-state index is 13.4. The molecule has 8 heteroatoms. The molecule has 0 radical (unpaired) electrons. The molecule has 142 valence electrons. The summed E-state index contributed by atoms with van der Waals surface area (Å²) in [5.41, 5.74) is 1.77. The summed E-state index contributed by atoms with van der Waals surface area (Å²) in [6, 6.07) is 14.5. The summed E-state index contributed by atoms with van der Waals surface area (Å²) in [5.74, 6) is -0.755. The lowest BCUT2D eigenvalue weighted by atomic mass is 10.2. The number of methoxy groups -OCH3 is 1. The van der Waals surface area contributed by atoms with E-state index in [0.29, 0.717) is 22.5 Å². The third kappa shape index (κ3) is 2.91. The molecular weight excluding hydrogens is 378 g/mol. The zero-order valence-electron chi connectivity index (χ0n) is 15.1. The fourth-order valence-corrected chi connectivity index (χ4v) is 3.90. The maximum Gasteiger partial charge on any atom is 0.283 e. The number of para-hydroxylation sites is 3. The van der Waals surface area contributed by atoms with E-state index in [1.54, 1.807) is 24.3 Å². The number of nitrogens with zero attached hydrogens (tertiary/aromatic N) is 2. The summed E-state index contributed by atoms with van der Waals surface area (Å²) in [7, 11) is 1.51. The number of carboxylic acid groups (broad SMARTS) is 1. The van der Waals surface area contributed by atoms with Crippen molar-refractivity contribution in [1.82, 2.24) is 14.5 Å². The van der Waals surface area contributed by atoms with E-state index in [0.717, 1.165) is 22.7 Å². The molecule has 0 aliphatic heterocycles. The van der Waals surface area contributed by atoms with E-state index in [2.05, 4.69) is 9.97 Å². The summed E-state index contributed by atoms with van der Waals surface area (Å²) in [4.78, 5) is 32.5. The van der Waals surface area contributed by atoms with E-state index in [4.69, 9.17) is 4.74 Å². The van der Waals surface area contributed by atoms with Gasteiger partial charge >= 0.3 is 0 Å². The van der Waals surface area contributed by atoms with E-state index in [9.17, 15) is 14.7 Å². The van der Waals surface area contributed by atoms with Crippen molar-refractivity contribution < 1.29 is 14.6 Å². The molecule has 4 rings (SSSR count). The third-order valence-corrected chi connectivity index (χ3v) is 5.47. The van der Waals surface area contributed by atoms with Crippen molar-refractivity contribution in [2.75, 3.05) is 7.11 Å². The lowest BCUT2D eigenvalue weighted by Crippen LogP contribution is -2.32. The van der Waals surface area contributed by atoms with Gasteiger partial charge in [0.05, 0.1) is 18.8 Å². The molecule has 0 spiro atoms. The van der Waals surface area contributed by atoms with Crippen LogP contribution < -0.4 is 15.4 Å². The van der Waals surface area contributed by atoms with Crippen molar-refractivity contribution in [1.29, 1.82) is 0 Å². The van der Waals surface area contributed by atoms with Gasteiger partial charge in [-0.05, 0) is 25.1 Å². The van der Waals surface area contributed by atoms with Crippen molar-refractivity contribution in [3.63, 3.8) is 0 Å². The fraction of sp³-hybridized carbons (Fsp3) is 0.150. The second kappa shape index (κ2) is 7.05. The van der Waals surface area contributed by atoms with Crippen LogP contribution in [0.3, 0.4) is 0 Å². The largest absolute Gasteiger partial charge is 0.549 e. The van der Waals surface area contributed by atoms with Crippen molar-refractivity contribution >= 4 is 39.7 Å². The second-order valence-electron chi connectivity index (χ2n) is 6.18. The Hall–Kier alpha value is -3.26. The Morgan fingerprint density at radius 2 is 1.93 bits per heavy atom. The van der Waals surface area contributed by atoms with Gasteiger partial charge in [0.25, 0.3) is 5.56 Å². The Labute approximate surface area is 164 Å². The van der Waals surface area contributed by atoms with Gasteiger partial charge in [0.2, 0.25) is 0 Å². The highest BCUT2D eigenvalue weighted by Gasteiger charge is 2.20. The van der Waals surface area contributed by atoms with Crippen LogP contribution in [0, 0.1) is 0 Å². The Bertz CT molecular complexity index is 1260. The van der Waals surface area contributed by atoms with Crippen molar-refractivity contribution in [3.05, 3.63) is 58.9 Å². The number of carboxylic acids is 1. The monoisotopic (exact) mass is 394 g/mol. The zero-order valence-corrected chi connectivity index (χ0v) is 15.9. The Kier molecular flexibility index (Phi) is 4.56.